The summed E-state index contributed by atoms with van der Waals surface area (Å²) in [7, 11) is 1.34. The molecule has 3 aromatic rings. The largest absolute Gasteiger partial charge is 0.469 e. The van der Waals surface area contributed by atoms with Crippen LogP contribution in [0.4, 0.5) is 0 Å². The van der Waals surface area contributed by atoms with Crippen molar-refractivity contribution in [3.63, 3.8) is 0 Å². The highest BCUT2D eigenvalue weighted by Gasteiger charge is 2.28. The van der Waals surface area contributed by atoms with E-state index in [-0.39, 0.29) is 5.91 Å². The van der Waals surface area contributed by atoms with E-state index in [1.807, 2.05) is 36.4 Å². The first kappa shape index (κ1) is 21.8. The Labute approximate surface area is 181 Å². The number of nitrogens with two attached hydrogens (primary N) is 1. The third-order valence-electron chi connectivity index (χ3n) is 5.14. The maximum atomic E-state index is 12.7. The number of aromatic amines is 1. The molecular formula is C24H26N4O3. The van der Waals surface area contributed by atoms with E-state index in [0.29, 0.717) is 17.7 Å². The highest BCUT2D eigenvalue weighted by Crippen LogP contribution is 2.19. The van der Waals surface area contributed by atoms with Gasteiger partial charge in [-0.3, -0.25) is 9.59 Å². The predicted octanol–water partition coefficient (Wildman–Crippen LogP) is 3.16. The molecule has 0 aliphatic rings. The molecule has 7 nitrogen and oxygen atoms in total. The van der Waals surface area contributed by atoms with E-state index >= 15 is 0 Å². The second-order valence-corrected chi connectivity index (χ2v) is 7.34. The number of esters is 1. The number of ether oxygens (including phenoxy) is 1. The average Bonchev–Trinajstić information content (AvgIpc) is 3.32. The molecule has 0 saturated heterocycles. The number of hydrogen-bond acceptors (Lipinski definition) is 5. The summed E-state index contributed by atoms with van der Waals surface area (Å²) in [5.41, 5.74) is 9.31. The van der Waals surface area contributed by atoms with Gasteiger partial charge in [-0.15, -0.1) is 0 Å². The van der Waals surface area contributed by atoms with Crippen LogP contribution >= 0.6 is 0 Å². The maximum Gasteiger partial charge on any atom is 0.311 e. The molecule has 0 spiro atoms. The lowest BCUT2D eigenvalue weighted by atomic mass is 9.92. The Hall–Kier alpha value is -3.87. The fourth-order valence-corrected chi connectivity index (χ4v) is 3.36. The zero-order chi connectivity index (χ0) is 22.4. The molecule has 4 N–H and O–H groups in total. The fraction of sp³-hybridized carbons (Fsp3) is 0.208. The first-order valence-corrected chi connectivity index (χ1v) is 9.91. The minimum Gasteiger partial charge on any atom is -0.469 e. The van der Waals surface area contributed by atoms with Crippen LogP contribution < -0.4 is 11.1 Å². The van der Waals surface area contributed by atoms with E-state index in [1.165, 1.54) is 7.11 Å². The summed E-state index contributed by atoms with van der Waals surface area (Å²) in [6, 6.07) is 14.2. The molecule has 2 unspecified atom stereocenters. The van der Waals surface area contributed by atoms with Crippen molar-refractivity contribution in [1.82, 2.24) is 15.3 Å². The van der Waals surface area contributed by atoms with Crippen molar-refractivity contribution < 1.29 is 14.3 Å². The van der Waals surface area contributed by atoms with E-state index in [2.05, 4.69) is 21.9 Å². The summed E-state index contributed by atoms with van der Waals surface area (Å²) in [6.45, 7) is 5.54. The zero-order valence-corrected chi connectivity index (χ0v) is 17.6. The van der Waals surface area contributed by atoms with Gasteiger partial charge in [-0.05, 0) is 42.7 Å². The number of nitrogens with one attached hydrogen (secondary N) is 2. The average molecular weight is 418 g/mol. The molecule has 31 heavy (non-hydrogen) atoms. The monoisotopic (exact) mass is 418 g/mol. The first-order chi connectivity index (χ1) is 14.9. The minimum atomic E-state index is -0.558. The Bertz CT molecular complexity index is 1060. The Morgan fingerprint density at radius 3 is 2.55 bits per heavy atom. The van der Waals surface area contributed by atoms with E-state index in [4.69, 9.17) is 10.5 Å². The molecule has 0 aliphatic carbocycles. The van der Waals surface area contributed by atoms with Crippen LogP contribution in [0.5, 0.6) is 0 Å². The Kier molecular flexibility index (Phi) is 6.87. The SMILES string of the molecule is C=C(N)c1cccc(CC(C(=O)OC)C(C)NC(=O)c2ccc(-c3ncc[nH]3)cc2)c1. The third-order valence-corrected chi connectivity index (χ3v) is 5.14. The van der Waals surface area contributed by atoms with Crippen LogP contribution in [-0.2, 0) is 16.0 Å². The Balaban J connectivity index is 1.72. The van der Waals surface area contributed by atoms with Gasteiger partial charge >= 0.3 is 5.97 Å². The van der Waals surface area contributed by atoms with Crippen molar-refractivity contribution in [3.8, 4) is 11.4 Å². The molecule has 0 saturated carbocycles. The predicted molar refractivity (Wildman–Crippen MR) is 120 cm³/mol. The number of carbonyl (C=O) groups is 2. The van der Waals surface area contributed by atoms with Crippen LogP contribution in [0, 0.1) is 5.92 Å². The van der Waals surface area contributed by atoms with Gasteiger partial charge in [0.1, 0.15) is 5.82 Å². The van der Waals surface area contributed by atoms with Crippen molar-refractivity contribution >= 4 is 17.6 Å². The van der Waals surface area contributed by atoms with Crippen LogP contribution in [-0.4, -0.2) is 35.0 Å². The van der Waals surface area contributed by atoms with Crippen LogP contribution in [0.15, 0.2) is 67.5 Å². The molecule has 0 fully saturated rings. The molecule has 1 heterocycles. The van der Waals surface area contributed by atoms with Gasteiger partial charge in [-0.25, -0.2) is 4.98 Å². The summed E-state index contributed by atoms with van der Waals surface area (Å²) in [6.07, 6.45) is 3.81. The molecule has 7 heteroatoms. The van der Waals surface area contributed by atoms with Crippen LogP contribution in [0.3, 0.4) is 0 Å². The molecule has 3 rings (SSSR count). The van der Waals surface area contributed by atoms with Gasteiger partial charge in [0.05, 0.1) is 13.0 Å². The smallest absolute Gasteiger partial charge is 0.311 e. The number of carbonyl (C=O) groups excluding carboxylic acids is 2. The maximum absolute atomic E-state index is 12.7. The van der Waals surface area contributed by atoms with Gasteiger partial charge in [-0.2, -0.15) is 0 Å². The highest BCUT2D eigenvalue weighted by molar-refractivity contribution is 5.95. The molecule has 0 radical (unpaired) electrons. The molecular weight excluding hydrogens is 392 g/mol. The quantitative estimate of drug-likeness (QED) is 0.487. The molecule has 2 aromatic carbocycles. The van der Waals surface area contributed by atoms with E-state index in [0.717, 1.165) is 22.5 Å². The van der Waals surface area contributed by atoms with Crippen LogP contribution in [0.25, 0.3) is 17.1 Å². The lowest BCUT2D eigenvalue weighted by Gasteiger charge is -2.23. The van der Waals surface area contributed by atoms with E-state index in [9.17, 15) is 9.59 Å². The van der Waals surface area contributed by atoms with Gasteiger partial charge in [0.25, 0.3) is 5.91 Å². The molecule has 0 bridgehead atoms. The van der Waals surface area contributed by atoms with Crippen molar-refractivity contribution in [2.24, 2.45) is 11.7 Å². The van der Waals surface area contributed by atoms with Crippen molar-refractivity contribution in [3.05, 3.63) is 84.2 Å². The lowest BCUT2D eigenvalue weighted by molar-refractivity contribution is -0.146. The van der Waals surface area contributed by atoms with Gasteiger partial charge in [-0.1, -0.05) is 36.9 Å². The second kappa shape index (κ2) is 9.75. The van der Waals surface area contributed by atoms with Crippen molar-refractivity contribution in [2.45, 2.75) is 19.4 Å². The molecule has 0 aliphatic heterocycles. The zero-order valence-electron chi connectivity index (χ0n) is 17.6. The molecule has 2 atom stereocenters. The third kappa shape index (κ3) is 5.39. The summed E-state index contributed by atoms with van der Waals surface area (Å²) in [5.74, 6) is -0.486. The summed E-state index contributed by atoms with van der Waals surface area (Å²) in [4.78, 5) is 32.4. The summed E-state index contributed by atoms with van der Waals surface area (Å²) < 4.78 is 4.98. The highest BCUT2D eigenvalue weighted by atomic mass is 16.5. The number of aromatic nitrogens is 2. The molecule has 1 aromatic heterocycles. The number of benzene rings is 2. The van der Waals surface area contributed by atoms with Gasteiger partial charge in [0.15, 0.2) is 0 Å². The normalized spacial score (nSPS) is 12.6. The van der Waals surface area contributed by atoms with E-state index in [1.54, 1.807) is 31.5 Å². The van der Waals surface area contributed by atoms with Crippen LogP contribution in [0.1, 0.15) is 28.4 Å². The minimum absolute atomic E-state index is 0.267. The number of imidazole rings is 1. The van der Waals surface area contributed by atoms with Gasteiger partial charge < -0.3 is 20.8 Å². The summed E-state index contributed by atoms with van der Waals surface area (Å²) in [5, 5.41) is 2.92. The number of rotatable bonds is 8. The number of hydrogen-bond donors (Lipinski definition) is 3. The Morgan fingerprint density at radius 2 is 1.94 bits per heavy atom. The number of nitrogens with zero attached hydrogens (tertiary/aromatic N) is 1. The summed E-state index contributed by atoms with van der Waals surface area (Å²) >= 11 is 0. The van der Waals surface area contributed by atoms with E-state index < -0.39 is 17.9 Å². The topological polar surface area (TPSA) is 110 Å². The van der Waals surface area contributed by atoms with Crippen LogP contribution in [0.2, 0.25) is 0 Å². The first-order valence-electron chi connectivity index (χ1n) is 9.91. The Morgan fingerprint density at radius 1 is 1.19 bits per heavy atom. The fourth-order valence-electron chi connectivity index (χ4n) is 3.36. The standard InChI is InChI=1S/C24H26N4O3/c1-15(25)20-6-4-5-17(13-20)14-21(24(30)31-3)16(2)28-23(29)19-9-7-18(8-10-19)22-26-11-12-27-22/h4-13,16,21H,1,14,25H2,2-3H3,(H,26,27)(H,28,29). The number of H-pyrrole nitrogens is 1. The molecule has 1 amide bonds. The number of methoxy groups -OCH3 is 1. The van der Waals surface area contributed by atoms with Gasteiger partial charge in [0.2, 0.25) is 0 Å². The lowest BCUT2D eigenvalue weighted by Crippen LogP contribution is -2.42. The van der Waals surface area contributed by atoms with Gasteiger partial charge in [0, 0.05) is 35.3 Å². The molecule has 160 valence electrons. The van der Waals surface area contributed by atoms with Crippen molar-refractivity contribution in [1.29, 1.82) is 0 Å². The van der Waals surface area contributed by atoms with Crippen molar-refractivity contribution in [2.75, 3.05) is 7.11 Å². The second-order valence-electron chi connectivity index (χ2n) is 7.34. The number of amides is 1.